The molecule has 0 aromatic carbocycles. The molecule has 0 atom stereocenters. The number of amides is 1. The van der Waals surface area contributed by atoms with Crippen LogP contribution in [0.25, 0.3) is 0 Å². The van der Waals surface area contributed by atoms with Gasteiger partial charge in [0.15, 0.2) is 5.96 Å². The zero-order valence-corrected chi connectivity index (χ0v) is 21.7. The smallest absolute Gasteiger partial charge is 0.224 e. The van der Waals surface area contributed by atoms with Crippen molar-refractivity contribution in [2.75, 3.05) is 64.7 Å². The Kier molecular flexibility index (Phi) is 12.5. The predicted octanol–water partition coefficient (Wildman–Crippen LogP) is 0.955. The lowest BCUT2D eigenvalue weighted by molar-refractivity contribution is -0.129. The fourth-order valence-electron chi connectivity index (χ4n) is 3.50. The molecule has 0 spiro atoms. The molecule has 1 amide bonds. The Bertz CT molecular complexity index is 645. The van der Waals surface area contributed by atoms with Crippen molar-refractivity contribution in [2.24, 2.45) is 4.99 Å². The third-order valence-electron chi connectivity index (χ3n) is 5.10. The molecule has 1 N–H and O–H groups in total. The SMILES string of the molecule is CCNC(=NCCC(=O)N1CCCC1)N1CCN(S(=O)(=O)CCOC(C)C)CC1.I. The minimum Gasteiger partial charge on any atom is -0.378 e. The first kappa shape index (κ1) is 27.4. The number of carbonyl (C=O) groups excluding carboxylic acids is 1. The lowest BCUT2D eigenvalue weighted by atomic mass is 10.3. The molecule has 2 rings (SSSR count). The summed E-state index contributed by atoms with van der Waals surface area (Å²) < 4.78 is 31.9. The Balaban J connectivity index is 0.00000450. The Labute approximate surface area is 198 Å². The van der Waals surface area contributed by atoms with Crippen molar-refractivity contribution in [1.82, 2.24) is 19.4 Å². The quantitative estimate of drug-likeness (QED) is 0.257. The second-order valence-corrected chi connectivity index (χ2v) is 9.78. The van der Waals surface area contributed by atoms with Crippen molar-refractivity contribution < 1.29 is 17.9 Å². The standard InChI is InChI=1S/C19H37N5O4S.HI/c1-4-20-19(21-8-7-18(25)22-9-5-6-10-22)23-11-13-24(14-12-23)29(26,27)16-15-28-17(2)3;/h17H,4-16H2,1-3H3,(H,20,21);1H. The molecule has 0 aromatic heterocycles. The summed E-state index contributed by atoms with van der Waals surface area (Å²) in [5, 5.41) is 3.26. The van der Waals surface area contributed by atoms with Crippen LogP contribution < -0.4 is 5.32 Å². The molecule has 0 radical (unpaired) electrons. The third-order valence-corrected chi connectivity index (χ3v) is 6.94. The lowest BCUT2D eigenvalue weighted by Gasteiger charge is -2.36. The van der Waals surface area contributed by atoms with E-state index < -0.39 is 10.0 Å². The van der Waals surface area contributed by atoms with Crippen molar-refractivity contribution in [1.29, 1.82) is 0 Å². The van der Waals surface area contributed by atoms with Gasteiger partial charge in [-0.2, -0.15) is 4.31 Å². The number of piperazine rings is 1. The number of nitrogens with one attached hydrogen (secondary N) is 1. The molecule has 2 heterocycles. The maximum Gasteiger partial charge on any atom is 0.224 e. The molecule has 30 heavy (non-hydrogen) atoms. The van der Waals surface area contributed by atoms with Gasteiger partial charge < -0.3 is 19.9 Å². The zero-order chi connectivity index (χ0) is 21.3. The summed E-state index contributed by atoms with van der Waals surface area (Å²) in [6.07, 6.45) is 2.63. The van der Waals surface area contributed by atoms with Crippen LogP contribution in [0.15, 0.2) is 4.99 Å². The second-order valence-electron chi connectivity index (χ2n) is 7.70. The molecule has 11 heteroatoms. The number of hydrogen-bond donors (Lipinski definition) is 1. The molecule has 2 saturated heterocycles. The van der Waals surface area contributed by atoms with Gasteiger partial charge >= 0.3 is 0 Å². The van der Waals surface area contributed by atoms with Gasteiger partial charge in [-0.1, -0.05) is 0 Å². The second kappa shape index (κ2) is 13.7. The topological polar surface area (TPSA) is 94.5 Å². The number of hydrogen-bond acceptors (Lipinski definition) is 5. The van der Waals surface area contributed by atoms with Crippen molar-refractivity contribution in [3.63, 3.8) is 0 Å². The number of halogens is 1. The first-order valence-electron chi connectivity index (χ1n) is 10.7. The molecule has 0 bridgehead atoms. The number of likely N-dealkylation sites (tertiary alicyclic amines) is 1. The Hall–Kier alpha value is -0.660. The highest BCUT2D eigenvalue weighted by atomic mass is 127. The van der Waals surface area contributed by atoms with E-state index in [1.807, 2.05) is 25.7 Å². The minimum absolute atomic E-state index is 0. The van der Waals surface area contributed by atoms with Crippen LogP contribution in [0.3, 0.4) is 0 Å². The van der Waals surface area contributed by atoms with Gasteiger partial charge in [-0.05, 0) is 33.6 Å². The summed E-state index contributed by atoms with van der Waals surface area (Å²) in [5.41, 5.74) is 0. The van der Waals surface area contributed by atoms with E-state index in [1.165, 1.54) is 4.31 Å². The molecule has 0 saturated carbocycles. The monoisotopic (exact) mass is 559 g/mol. The molecule has 2 fully saturated rings. The number of ether oxygens (including phenoxy) is 1. The molecular formula is C19H38IN5O4S. The Morgan fingerprint density at radius 2 is 1.70 bits per heavy atom. The van der Waals surface area contributed by atoms with Crippen LogP contribution in [-0.2, 0) is 19.6 Å². The molecule has 0 unspecified atom stereocenters. The van der Waals surface area contributed by atoms with E-state index in [9.17, 15) is 13.2 Å². The molecule has 2 aliphatic rings. The highest BCUT2D eigenvalue weighted by molar-refractivity contribution is 14.0. The molecule has 9 nitrogen and oxygen atoms in total. The van der Waals surface area contributed by atoms with Crippen LogP contribution in [0.1, 0.15) is 40.0 Å². The van der Waals surface area contributed by atoms with E-state index in [2.05, 4.69) is 15.2 Å². The van der Waals surface area contributed by atoms with Gasteiger partial charge in [0, 0.05) is 52.2 Å². The highest BCUT2D eigenvalue weighted by Crippen LogP contribution is 2.10. The molecule has 2 aliphatic heterocycles. The normalized spacial score (nSPS) is 18.6. The lowest BCUT2D eigenvalue weighted by Crippen LogP contribution is -2.54. The highest BCUT2D eigenvalue weighted by Gasteiger charge is 2.28. The van der Waals surface area contributed by atoms with E-state index in [0.29, 0.717) is 39.1 Å². The van der Waals surface area contributed by atoms with Gasteiger partial charge in [0.05, 0.1) is 25.0 Å². The third kappa shape index (κ3) is 8.83. The molecule has 176 valence electrons. The minimum atomic E-state index is -3.31. The number of carbonyl (C=O) groups is 1. The summed E-state index contributed by atoms with van der Waals surface area (Å²) in [4.78, 5) is 20.8. The number of rotatable bonds is 9. The summed E-state index contributed by atoms with van der Waals surface area (Å²) in [7, 11) is -3.31. The van der Waals surface area contributed by atoms with Gasteiger partial charge in [-0.15, -0.1) is 24.0 Å². The summed E-state index contributed by atoms with van der Waals surface area (Å²) in [5.74, 6) is 0.932. The average Bonchev–Trinajstić information content (AvgIpc) is 3.22. The number of aliphatic imine (C=N–C) groups is 1. The fourth-order valence-corrected chi connectivity index (χ4v) is 4.79. The molecular weight excluding hydrogens is 521 g/mol. The van der Waals surface area contributed by atoms with Gasteiger partial charge in [0.1, 0.15) is 0 Å². The van der Waals surface area contributed by atoms with E-state index in [-0.39, 0.29) is 48.3 Å². The maximum atomic E-state index is 12.5. The van der Waals surface area contributed by atoms with Crippen LogP contribution in [0.4, 0.5) is 0 Å². The number of nitrogens with zero attached hydrogens (tertiary/aromatic N) is 4. The predicted molar refractivity (Wildman–Crippen MR) is 130 cm³/mol. The molecule has 0 aliphatic carbocycles. The first-order valence-corrected chi connectivity index (χ1v) is 12.3. The van der Waals surface area contributed by atoms with Gasteiger partial charge in [-0.3, -0.25) is 9.79 Å². The summed E-state index contributed by atoms with van der Waals surface area (Å²) >= 11 is 0. The Morgan fingerprint density at radius 3 is 2.27 bits per heavy atom. The van der Waals surface area contributed by atoms with Crippen LogP contribution >= 0.6 is 24.0 Å². The van der Waals surface area contributed by atoms with Gasteiger partial charge in [0.2, 0.25) is 15.9 Å². The van der Waals surface area contributed by atoms with Crippen LogP contribution in [0.5, 0.6) is 0 Å². The largest absolute Gasteiger partial charge is 0.378 e. The maximum absolute atomic E-state index is 12.5. The fraction of sp³-hybridized carbons (Fsp3) is 0.895. The van der Waals surface area contributed by atoms with E-state index in [1.54, 1.807) is 0 Å². The van der Waals surface area contributed by atoms with Crippen LogP contribution in [-0.4, -0.2) is 105 Å². The van der Waals surface area contributed by atoms with Crippen LogP contribution in [0, 0.1) is 0 Å². The zero-order valence-electron chi connectivity index (χ0n) is 18.5. The van der Waals surface area contributed by atoms with Crippen molar-refractivity contribution in [2.45, 2.75) is 46.1 Å². The van der Waals surface area contributed by atoms with E-state index in [0.717, 1.165) is 38.4 Å². The number of sulfonamides is 1. The van der Waals surface area contributed by atoms with E-state index >= 15 is 0 Å². The van der Waals surface area contributed by atoms with E-state index in [4.69, 9.17) is 4.74 Å². The summed E-state index contributed by atoms with van der Waals surface area (Å²) in [6.45, 7) is 10.9. The molecule has 0 aromatic rings. The van der Waals surface area contributed by atoms with Gasteiger partial charge in [-0.25, -0.2) is 8.42 Å². The number of guanidine groups is 1. The van der Waals surface area contributed by atoms with Crippen molar-refractivity contribution >= 4 is 45.9 Å². The van der Waals surface area contributed by atoms with Gasteiger partial charge in [0.25, 0.3) is 0 Å². The first-order chi connectivity index (χ1) is 13.8. The summed E-state index contributed by atoms with van der Waals surface area (Å²) in [6, 6.07) is 0. The van der Waals surface area contributed by atoms with Crippen LogP contribution in [0.2, 0.25) is 0 Å². The average molecular weight is 560 g/mol. The Morgan fingerprint density at radius 1 is 1.07 bits per heavy atom. The van der Waals surface area contributed by atoms with Crippen molar-refractivity contribution in [3.8, 4) is 0 Å². The van der Waals surface area contributed by atoms with Crippen molar-refractivity contribution in [3.05, 3.63) is 0 Å².